The Morgan fingerprint density at radius 3 is 2.58 bits per heavy atom. The maximum Gasteiger partial charge on any atom is 0.140 e. The summed E-state index contributed by atoms with van der Waals surface area (Å²) in [5.74, 6) is 0.818. The summed E-state index contributed by atoms with van der Waals surface area (Å²) in [7, 11) is 0. The van der Waals surface area contributed by atoms with Crippen LogP contribution in [0, 0.1) is 12.3 Å². The van der Waals surface area contributed by atoms with E-state index >= 15 is 0 Å². The number of aryl methyl sites for hydroxylation is 1. The van der Waals surface area contributed by atoms with E-state index in [1.807, 2.05) is 13.0 Å². The number of anilines is 1. The molecule has 0 radical (unpaired) electrons. The molecule has 1 aromatic heterocycles. The molecule has 19 heavy (non-hydrogen) atoms. The van der Waals surface area contributed by atoms with Crippen molar-refractivity contribution in [2.24, 2.45) is 5.41 Å². The Morgan fingerprint density at radius 2 is 1.95 bits per heavy atom. The van der Waals surface area contributed by atoms with Crippen LogP contribution < -0.4 is 5.32 Å². The Bertz CT molecular complexity index is 449. The van der Waals surface area contributed by atoms with Gasteiger partial charge in [0.15, 0.2) is 0 Å². The van der Waals surface area contributed by atoms with Crippen LogP contribution in [0.5, 0.6) is 0 Å². The number of halogens is 1. The van der Waals surface area contributed by atoms with Gasteiger partial charge < -0.3 is 10.4 Å². The van der Waals surface area contributed by atoms with Gasteiger partial charge in [-0.15, -0.1) is 0 Å². The average molecular weight is 327 g/mol. The van der Waals surface area contributed by atoms with Crippen molar-refractivity contribution >= 4 is 21.7 Å². The number of hydrogen-bond acceptors (Lipinski definition) is 3. The highest BCUT2D eigenvalue weighted by molar-refractivity contribution is 9.10. The van der Waals surface area contributed by atoms with Crippen LogP contribution in [-0.4, -0.2) is 22.2 Å². The number of rotatable bonds is 3. The molecule has 0 spiro atoms. The summed E-state index contributed by atoms with van der Waals surface area (Å²) in [5.41, 5.74) is 0.920. The van der Waals surface area contributed by atoms with Gasteiger partial charge in [-0.3, -0.25) is 0 Å². The molecule has 2 rings (SSSR count). The first-order chi connectivity index (χ1) is 8.81. The second-order valence-electron chi connectivity index (χ2n) is 6.53. The van der Waals surface area contributed by atoms with Gasteiger partial charge in [0, 0.05) is 12.7 Å². The molecule has 1 aliphatic carbocycles. The average Bonchev–Trinajstić information content (AvgIpc) is 2.36. The summed E-state index contributed by atoms with van der Waals surface area (Å²) in [6.45, 7) is 7.16. The second-order valence-corrected chi connectivity index (χ2v) is 7.33. The third-order valence-electron chi connectivity index (χ3n) is 4.20. The van der Waals surface area contributed by atoms with Crippen LogP contribution in [0.1, 0.15) is 45.1 Å². The van der Waals surface area contributed by atoms with E-state index in [9.17, 15) is 5.11 Å². The first-order valence-electron chi connectivity index (χ1n) is 6.89. The molecule has 1 fully saturated rings. The van der Waals surface area contributed by atoms with E-state index in [0.717, 1.165) is 41.5 Å². The smallest absolute Gasteiger partial charge is 0.140 e. The van der Waals surface area contributed by atoms with Crippen molar-refractivity contribution in [1.82, 2.24) is 4.98 Å². The van der Waals surface area contributed by atoms with Crippen LogP contribution in [-0.2, 0) is 0 Å². The monoisotopic (exact) mass is 326 g/mol. The van der Waals surface area contributed by atoms with Crippen LogP contribution in [0.2, 0.25) is 0 Å². The maximum absolute atomic E-state index is 10.6. The largest absolute Gasteiger partial charge is 0.388 e. The summed E-state index contributed by atoms with van der Waals surface area (Å²) < 4.78 is 0.981. The lowest BCUT2D eigenvalue weighted by Gasteiger charge is -2.40. The molecule has 2 N–H and O–H groups in total. The topological polar surface area (TPSA) is 45.2 Å². The molecule has 1 aromatic rings. The zero-order chi connectivity index (χ0) is 14.1. The molecule has 0 atom stereocenters. The Labute approximate surface area is 124 Å². The molecule has 0 amide bonds. The van der Waals surface area contributed by atoms with Gasteiger partial charge in [0.2, 0.25) is 0 Å². The molecule has 0 unspecified atom stereocenters. The maximum atomic E-state index is 10.6. The Balaban J connectivity index is 1.97. The Hall–Kier alpha value is -0.610. The van der Waals surface area contributed by atoms with Gasteiger partial charge in [0.05, 0.1) is 10.1 Å². The number of pyridine rings is 1. The van der Waals surface area contributed by atoms with Crippen molar-refractivity contribution in [3.8, 4) is 0 Å². The molecule has 4 heteroatoms. The Kier molecular flexibility index (Phi) is 4.21. The highest BCUT2D eigenvalue weighted by Crippen LogP contribution is 2.40. The minimum atomic E-state index is -0.597. The van der Waals surface area contributed by atoms with Crippen LogP contribution in [0.3, 0.4) is 0 Å². The summed E-state index contributed by atoms with van der Waals surface area (Å²) >= 11 is 3.53. The third-order valence-corrected chi connectivity index (χ3v) is 5.20. The lowest BCUT2D eigenvalue weighted by molar-refractivity contribution is -0.0146. The van der Waals surface area contributed by atoms with Crippen LogP contribution >= 0.6 is 15.9 Å². The quantitative estimate of drug-likeness (QED) is 0.885. The van der Waals surface area contributed by atoms with E-state index in [0.29, 0.717) is 12.0 Å². The number of hydrogen-bond donors (Lipinski definition) is 2. The SMILES string of the molecule is Cc1ccnc(NCC2(O)CCC(C)(C)CC2)c1Br. The molecule has 0 saturated heterocycles. The zero-order valence-corrected chi connectivity index (χ0v) is 13.5. The summed E-state index contributed by atoms with van der Waals surface area (Å²) in [4.78, 5) is 4.31. The molecule has 0 bridgehead atoms. The predicted molar refractivity (Wildman–Crippen MR) is 82.4 cm³/mol. The zero-order valence-electron chi connectivity index (χ0n) is 12.0. The highest BCUT2D eigenvalue weighted by Gasteiger charge is 2.36. The number of nitrogens with one attached hydrogen (secondary N) is 1. The van der Waals surface area contributed by atoms with Crippen molar-refractivity contribution in [3.05, 3.63) is 22.3 Å². The number of aliphatic hydroxyl groups is 1. The third kappa shape index (κ3) is 3.69. The van der Waals surface area contributed by atoms with Crippen molar-refractivity contribution in [2.75, 3.05) is 11.9 Å². The molecular formula is C15H23BrN2O. The van der Waals surface area contributed by atoms with Gasteiger partial charge in [0.25, 0.3) is 0 Å². The molecule has 1 heterocycles. The van der Waals surface area contributed by atoms with Crippen LogP contribution in [0.25, 0.3) is 0 Å². The van der Waals surface area contributed by atoms with Crippen LogP contribution in [0.4, 0.5) is 5.82 Å². The van der Waals surface area contributed by atoms with E-state index < -0.39 is 5.60 Å². The molecule has 1 saturated carbocycles. The standard InChI is InChI=1S/C15H23BrN2O/c1-11-4-9-17-13(12(11)16)18-10-15(19)7-5-14(2,3)6-8-15/h4,9,19H,5-8,10H2,1-3H3,(H,17,18). The van der Waals surface area contributed by atoms with E-state index in [1.54, 1.807) is 6.20 Å². The van der Waals surface area contributed by atoms with Gasteiger partial charge >= 0.3 is 0 Å². The number of aromatic nitrogens is 1. The fraction of sp³-hybridized carbons (Fsp3) is 0.667. The van der Waals surface area contributed by atoms with Gasteiger partial charge in [0.1, 0.15) is 5.82 Å². The summed E-state index contributed by atoms with van der Waals surface area (Å²) in [6.07, 6.45) is 5.66. The van der Waals surface area contributed by atoms with Gasteiger partial charge in [-0.05, 0) is 65.6 Å². The second kappa shape index (κ2) is 5.41. The molecule has 3 nitrogen and oxygen atoms in total. The summed E-state index contributed by atoms with van der Waals surface area (Å²) in [6, 6.07) is 1.97. The fourth-order valence-corrected chi connectivity index (χ4v) is 2.86. The van der Waals surface area contributed by atoms with Crippen molar-refractivity contribution in [1.29, 1.82) is 0 Å². The Morgan fingerprint density at radius 1 is 1.32 bits per heavy atom. The number of nitrogens with zero attached hydrogens (tertiary/aromatic N) is 1. The summed E-state index contributed by atoms with van der Waals surface area (Å²) in [5, 5.41) is 13.9. The lowest BCUT2D eigenvalue weighted by Crippen LogP contribution is -2.42. The highest BCUT2D eigenvalue weighted by atomic mass is 79.9. The van der Waals surface area contributed by atoms with E-state index in [1.165, 1.54) is 0 Å². The van der Waals surface area contributed by atoms with Crippen molar-refractivity contribution < 1.29 is 5.11 Å². The molecule has 106 valence electrons. The van der Waals surface area contributed by atoms with Crippen molar-refractivity contribution in [2.45, 2.75) is 52.1 Å². The van der Waals surface area contributed by atoms with Gasteiger partial charge in [-0.25, -0.2) is 4.98 Å². The lowest BCUT2D eigenvalue weighted by atomic mass is 9.71. The van der Waals surface area contributed by atoms with E-state index in [2.05, 4.69) is 40.1 Å². The normalized spacial score (nSPS) is 21.1. The first-order valence-corrected chi connectivity index (χ1v) is 7.68. The van der Waals surface area contributed by atoms with Gasteiger partial charge in [-0.2, -0.15) is 0 Å². The van der Waals surface area contributed by atoms with E-state index in [-0.39, 0.29) is 0 Å². The molecule has 1 aliphatic rings. The minimum absolute atomic E-state index is 0.369. The van der Waals surface area contributed by atoms with Gasteiger partial charge in [-0.1, -0.05) is 13.8 Å². The molecule has 0 aromatic carbocycles. The predicted octanol–water partition coefficient (Wildman–Crippen LogP) is 3.90. The van der Waals surface area contributed by atoms with Crippen LogP contribution in [0.15, 0.2) is 16.7 Å². The minimum Gasteiger partial charge on any atom is -0.388 e. The van der Waals surface area contributed by atoms with Crippen molar-refractivity contribution in [3.63, 3.8) is 0 Å². The van der Waals surface area contributed by atoms with E-state index in [4.69, 9.17) is 0 Å². The first kappa shape index (κ1) is 14.8. The molecule has 0 aliphatic heterocycles. The molecular weight excluding hydrogens is 304 g/mol. The fourth-order valence-electron chi connectivity index (χ4n) is 2.48.